The van der Waals surface area contributed by atoms with Crippen LogP contribution in [-0.2, 0) is 0 Å². The topological polar surface area (TPSA) is 80.9 Å². The Bertz CT molecular complexity index is 335. The number of aromatic nitrogens is 2. The molecule has 0 amide bonds. The van der Waals surface area contributed by atoms with E-state index in [1.807, 2.05) is 0 Å². The lowest BCUT2D eigenvalue weighted by Gasteiger charge is -2.21. The van der Waals surface area contributed by atoms with Crippen LogP contribution in [0.5, 0.6) is 5.88 Å². The number of aromatic amines is 2. The Kier molecular flexibility index (Phi) is 2.10. The molecule has 0 spiro atoms. The van der Waals surface area contributed by atoms with Crippen LogP contribution in [0.4, 0.5) is 0 Å². The fourth-order valence-corrected chi connectivity index (χ4v) is 1.79. The lowest BCUT2D eigenvalue weighted by molar-refractivity contribution is 0.412. The summed E-state index contributed by atoms with van der Waals surface area (Å²) in [6.07, 6.45) is 1.92. The van der Waals surface area contributed by atoms with Crippen LogP contribution in [0.2, 0.25) is 0 Å². The van der Waals surface area contributed by atoms with Crippen molar-refractivity contribution in [1.29, 1.82) is 0 Å². The van der Waals surface area contributed by atoms with Crippen LogP contribution in [0.15, 0.2) is 4.79 Å². The maximum absolute atomic E-state index is 10.9. The first-order valence-electron chi connectivity index (χ1n) is 4.49. The van der Waals surface area contributed by atoms with E-state index in [2.05, 4.69) is 15.3 Å². The molecule has 0 aromatic carbocycles. The molecule has 1 aliphatic heterocycles. The zero-order chi connectivity index (χ0) is 9.26. The Hall–Kier alpha value is -1.23. The van der Waals surface area contributed by atoms with Crippen molar-refractivity contribution in [2.45, 2.75) is 18.8 Å². The second-order valence-electron chi connectivity index (χ2n) is 3.37. The van der Waals surface area contributed by atoms with Crippen LogP contribution in [-0.4, -0.2) is 28.2 Å². The van der Waals surface area contributed by atoms with Gasteiger partial charge in [0, 0.05) is 5.92 Å². The van der Waals surface area contributed by atoms with Crippen molar-refractivity contribution < 1.29 is 5.11 Å². The van der Waals surface area contributed by atoms with Gasteiger partial charge in [0.15, 0.2) is 0 Å². The van der Waals surface area contributed by atoms with Gasteiger partial charge in [-0.2, -0.15) is 0 Å². The predicted octanol–water partition coefficient (Wildman–Crippen LogP) is -0.124. The SMILES string of the molecule is O=c1[nH]c(O)c(C2CCNCC2)[nH]1. The molecule has 1 aromatic rings. The van der Waals surface area contributed by atoms with Gasteiger partial charge in [-0.3, -0.25) is 4.98 Å². The zero-order valence-corrected chi connectivity index (χ0v) is 7.26. The van der Waals surface area contributed by atoms with Gasteiger partial charge in [-0.1, -0.05) is 0 Å². The maximum atomic E-state index is 10.9. The van der Waals surface area contributed by atoms with E-state index in [9.17, 15) is 9.90 Å². The van der Waals surface area contributed by atoms with E-state index in [4.69, 9.17) is 0 Å². The number of rotatable bonds is 1. The Labute approximate surface area is 75.2 Å². The van der Waals surface area contributed by atoms with Crippen LogP contribution < -0.4 is 11.0 Å². The van der Waals surface area contributed by atoms with E-state index >= 15 is 0 Å². The quantitative estimate of drug-likeness (QED) is 0.490. The smallest absolute Gasteiger partial charge is 0.325 e. The minimum absolute atomic E-state index is 0.00287. The number of H-pyrrole nitrogens is 2. The van der Waals surface area contributed by atoms with E-state index in [-0.39, 0.29) is 17.5 Å². The summed E-state index contributed by atoms with van der Waals surface area (Å²) in [5.74, 6) is 0.275. The van der Waals surface area contributed by atoms with Crippen molar-refractivity contribution in [3.63, 3.8) is 0 Å². The Balaban J connectivity index is 2.23. The van der Waals surface area contributed by atoms with E-state index in [1.165, 1.54) is 0 Å². The monoisotopic (exact) mass is 183 g/mol. The van der Waals surface area contributed by atoms with E-state index < -0.39 is 0 Å². The first kappa shape index (κ1) is 8.37. The van der Waals surface area contributed by atoms with Crippen LogP contribution in [0.1, 0.15) is 24.5 Å². The number of piperidine rings is 1. The fraction of sp³-hybridized carbons (Fsp3) is 0.625. The van der Waals surface area contributed by atoms with Crippen molar-refractivity contribution in [2.75, 3.05) is 13.1 Å². The van der Waals surface area contributed by atoms with Crippen LogP contribution in [0.25, 0.3) is 0 Å². The van der Waals surface area contributed by atoms with Crippen molar-refractivity contribution in [2.24, 2.45) is 0 Å². The third kappa shape index (κ3) is 1.60. The van der Waals surface area contributed by atoms with Gasteiger partial charge < -0.3 is 15.4 Å². The summed E-state index contributed by atoms with van der Waals surface area (Å²) in [5, 5.41) is 12.6. The van der Waals surface area contributed by atoms with Crippen LogP contribution in [0.3, 0.4) is 0 Å². The lowest BCUT2D eigenvalue weighted by atomic mass is 9.95. The highest BCUT2D eigenvalue weighted by atomic mass is 16.3. The summed E-state index contributed by atoms with van der Waals surface area (Å²) in [6, 6.07) is 0. The van der Waals surface area contributed by atoms with Crippen molar-refractivity contribution in [3.05, 3.63) is 16.2 Å². The number of hydrogen-bond acceptors (Lipinski definition) is 3. The molecule has 0 atom stereocenters. The molecule has 0 aliphatic carbocycles. The van der Waals surface area contributed by atoms with Gasteiger partial charge in [0.25, 0.3) is 0 Å². The van der Waals surface area contributed by atoms with E-state index in [1.54, 1.807) is 0 Å². The molecule has 5 heteroatoms. The van der Waals surface area contributed by atoms with Gasteiger partial charge in [-0.25, -0.2) is 4.79 Å². The molecule has 2 heterocycles. The molecule has 5 nitrogen and oxygen atoms in total. The normalized spacial score (nSPS) is 19.1. The number of aromatic hydroxyl groups is 1. The second kappa shape index (κ2) is 3.26. The average molecular weight is 183 g/mol. The molecule has 0 unspecified atom stereocenters. The maximum Gasteiger partial charge on any atom is 0.325 e. The molecule has 0 radical (unpaired) electrons. The predicted molar refractivity (Wildman–Crippen MR) is 47.9 cm³/mol. The summed E-state index contributed by atoms with van der Waals surface area (Å²) >= 11 is 0. The van der Waals surface area contributed by atoms with Crippen molar-refractivity contribution in [1.82, 2.24) is 15.3 Å². The van der Waals surface area contributed by atoms with Gasteiger partial charge in [0.05, 0.1) is 5.69 Å². The van der Waals surface area contributed by atoms with Crippen LogP contribution >= 0.6 is 0 Å². The number of nitrogens with one attached hydrogen (secondary N) is 3. The molecule has 0 bridgehead atoms. The summed E-state index contributed by atoms with van der Waals surface area (Å²) in [4.78, 5) is 15.8. The molecular weight excluding hydrogens is 170 g/mol. The Morgan fingerprint density at radius 2 is 1.92 bits per heavy atom. The molecular formula is C8H13N3O2. The molecule has 13 heavy (non-hydrogen) atoms. The molecule has 1 aromatic heterocycles. The fourth-order valence-electron chi connectivity index (χ4n) is 1.79. The highest BCUT2D eigenvalue weighted by molar-refractivity contribution is 5.21. The van der Waals surface area contributed by atoms with Crippen LogP contribution in [0, 0.1) is 0 Å². The molecule has 72 valence electrons. The van der Waals surface area contributed by atoms with Crippen molar-refractivity contribution >= 4 is 0 Å². The summed E-state index contributed by atoms with van der Waals surface area (Å²) in [6.45, 7) is 1.88. The molecule has 1 aliphatic rings. The first-order valence-corrected chi connectivity index (χ1v) is 4.49. The minimum atomic E-state index is -0.328. The summed E-state index contributed by atoms with van der Waals surface area (Å²) < 4.78 is 0. The lowest BCUT2D eigenvalue weighted by Crippen LogP contribution is -2.27. The summed E-state index contributed by atoms with van der Waals surface area (Å²) in [5.41, 5.74) is 0.331. The number of hydrogen-bond donors (Lipinski definition) is 4. The largest absolute Gasteiger partial charge is 0.493 e. The molecule has 2 rings (SSSR count). The zero-order valence-electron chi connectivity index (χ0n) is 7.26. The third-order valence-corrected chi connectivity index (χ3v) is 2.48. The Morgan fingerprint density at radius 3 is 2.46 bits per heavy atom. The standard InChI is InChI=1S/C8H13N3O2/c12-7-6(10-8(13)11-7)5-1-3-9-4-2-5/h5,9,12H,1-4H2,(H2,10,11,13). The molecule has 4 N–H and O–H groups in total. The summed E-state index contributed by atoms with van der Waals surface area (Å²) in [7, 11) is 0. The highest BCUT2D eigenvalue weighted by Gasteiger charge is 2.20. The van der Waals surface area contributed by atoms with E-state index in [0.717, 1.165) is 25.9 Å². The minimum Gasteiger partial charge on any atom is -0.493 e. The van der Waals surface area contributed by atoms with E-state index in [0.29, 0.717) is 5.69 Å². The van der Waals surface area contributed by atoms with Gasteiger partial charge in [-0.15, -0.1) is 0 Å². The first-order chi connectivity index (χ1) is 6.27. The van der Waals surface area contributed by atoms with Gasteiger partial charge in [0.1, 0.15) is 0 Å². The highest BCUT2D eigenvalue weighted by Crippen LogP contribution is 2.27. The molecule has 1 fully saturated rings. The third-order valence-electron chi connectivity index (χ3n) is 2.48. The van der Waals surface area contributed by atoms with Gasteiger partial charge >= 0.3 is 5.69 Å². The second-order valence-corrected chi connectivity index (χ2v) is 3.37. The van der Waals surface area contributed by atoms with Gasteiger partial charge in [0.2, 0.25) is 5.88 Å². The number of imidazole rings is 1. The molecule has 0 saturated carbocycles. The van der Waals surface area contributed by atoms with Crippen molar-refractivity contribution in [3.8, 4) is 5.88 Å². The Morgan fingerprint density at radius 1 is 1.23 bits per heavy atom. The van der Waals surface area contributed by atoms with Gasteiger partial charge in [-0.05, 0) is 25.9 Å². The molecule has 1 saturated heterocycles. The average Bonchev–Trinajstić information content (AvgIpc) is 2.47.